The van der Waals surface area contributed by atoms with Crippen LogP contribution in [0.25, 0.3) is 0 Å². The maximum absolute atomic E-state index is 10.3. The number of nitrogens with zero attached hydrogens (tertiary/aromatic N) is 2. The zero-order valence-corrected chi connectivity index (χ0v) is 15.8. The first-order valence-corrected chi connectivity index (χ1v) is 9.82. The van der Waals surface area contributed by atoms with Crippen LogP contribution in [0.3, 0.4) is 0 Å². The molecule has 1 aliphatic rings. The number of aliphatic hydroxyl groups is 1. The summed E-state index contributed by atoms with van der Waals surface area (Å²) in [5, 5.41) is 12.4. The highest BCUT2D eigenvalue weighted by molar-refractivity contribution is 7.09. The predicted molar refractivity (Wildman–Crippen MR) is 98.5 cm³/mol. The molecule has 1 N–H and O–H groups in total. The van der Waals surface area contributed by atoms with Crippen LogP contribution in [0.1, 0.15) is 18.7 Å². The largest absolute Gasteiger partial charge is 0.389 e. The molecular weight excluding hydrogens is 324 g/mol. The Balaban J connectivity index is 1.77. The molecule has 0 saturated carbocycles. The van der Waals surface area contributed by atoms with Gasteiger partial charge in [0.15, 0.2) is 0 Å². The quantitative estimate of drug-likeness (QED) is 0.656. The molecule has 5 nitrogen and oxygen atoms in total. The topological polar surface area (TPSA) is 45.2 Å². The molecule has 0 radical (unpaired) electrons. The van der Waals surface area contributed by atoms with Crippen molar-refractivity contribution >= 4 is 11.3 Å². The Bertz CT molecular complexity index is 422. The van der Waals surface area contributed by atoms with E-state index >= 15 is 0 Å². The van der Waals surface area contributed by atoms with Gasteiger partial charge in [0, 0.05) is 50.8 Å². The number of thiophene rings is 1. The van der Waals surface area contributed by atoms with E-state index in [1.165, 1.54) is 4.88 Å². The van der Waals surface area contributed by atoms with Crippen molar-refractivity contribution in [3.63, 3.8) is 0 Å². The Hall–Kier alpha value is -0.500. The number of rotatable bonds is 11. The molecule has 1 atom stereocenters. The van der Waals surface area contributed by atoms with Crippen LogP contribution in [0.5, 0.6) is 0 Å². The van der Waals surface area contributed by atoms with Gasteiger partial charge in [0.25, 0.3) is 0 Å². The maximum Gasteiger partial charge on any atom is 0.0900 e. The lowest BCUT2D eigenvalue weighted by Gasteiger charge is -2.30. The second-order valence-electron chi connectivity index (χ2n) is 6.85. The summed E-state index contributed by atoms with van der Waals surface area (Å²) in [6.07, 6.45) is -0.437. The molecular formula is C18H32N2O3S. The molecule has 1 saturated heterocycles. The minimum absolute atomic E-state index is 0.413. The summed E-state index contributed by atoms with van der Waals surface area (Å²) in [5.74, 6) is 0.501. The van der Waals surface area contributed by atoms with Crippen LogP contribution in [0.15, 0.2) is 17.5 Å². The van der Waals surface area contributed by atoms with Gasteiger partial charge < -0.3 is 14.6 Å². The summed E-state index contributed by atoms with van der Waals surface area (Å²) in [6.45, 7) is 12.6. The lowest BCUT2D eigenvalue weighted by Crippen LogP contribution is -2.43. The minimum Gasteiger partial charge on any atom is -0.389 e. The highest BCUT2D eigenvalue weighted by Gasteiger charge is 2.16. The summed E-state index contributed by atoms with van der Waals surface area (Å²) in [6, 6.07) is 4.25. The Morgan fingerprint density at radius 3 is 2.79 bits per heavy atom. The standard InChI is InChI=1S/C18H32N2O3S/c1-16(2)14-23-15-17(21)12-20(13-18-4-3-11-24-18)6-5-19-7-9-22-10-8-19/h3-4,11,16-17,21H,5-10,12-15H2,1-2H3/t17-/m1/s1. The number of hydrogen-bond acceptors (Lipinski definition) is 6. The van der Waals surface area contributed by atoms with Crippen molar-refractivity contribution in [1.82, 2.24) is 9.80 Å². The molecule has 0 spiro atoms. The van der Waals surface area contributed by atoms with Crippen molar-refractivity contribution in [3.05, 3.63) is 22.4 Å². The number of morpholine rings is 1. The smallest absolute Gasteiger partial charge is 0.0900 e. The minimum atomic E-state index is -0.437. The first-order valence-electron chi connectivity index (χ1n) is 8.94. The van der Waals surface area contributed by atoms with E-state index in [9.17, 15) is 5.11 Å². The molecule has 0 amide bonds. The fourth-order valence-electron chi connectivity index (χ4n) is 2.76. The third kappa shape index (κ3) is 8.05. The van der Waals surface area contributed by atoms with E-state index < -0.39 is 6.10 Å². The van der Waals surface area contributed by atoms with Crippen LogP contribution < -0.4 is 0 Å². The van der Waals surface area contributed by atoms with Gasteiger partial charge in [-0.25, -0.2) is 0 Å². The number of ether oxygens (including phenoxy) is 2. The predicted octanol–water partition coefficient (Wildman–Crippen LogP) is 1.92. The van der Waals surface area contributed by atoms with Crippen molar-refractivity contribution in [3.8, 4) is 0 Å². The molecule has 2 rings (SSSR count). The maximum atomic E-state index is 10.3. The van der Waals surface area contributed by atoms with Gasteiger partial charge in [0.2, 0.25) is 0 Å². The van der Waals surface area contributed by atoms with Gasteiger partial charge in [-0.1, -0.05) is 19.9 Å². The van der Waals surface area contributed by atoms with E-state index in [2.05, 4.69) is 41.2 Å². The third-order valence-electron chi connectivity index (χ3n) is 4.03. The zero-order valence-electron chi connectivity index (χ0n) is 15.0. The Morgan fingerprint density at radius 2 is 2.12 bits per heavy atom. The second kappa shape index (κ2) is 11.2. The van der Waals surface area contributed by atoms with Crippen LogP contribution in [0, 0.1) is 5.92 Å². The van der Waals surface area contributed by atoms with Crippen LogP contribution in [-0.2, 0) is 16.0 Å². The van der Waals surface area contributed by atoms with E-state index in [0.717, 1.165) is 45.9 Å². The SMILES string of the molecule is CC(C)COC[C@H](O)CN(CCN1CCOCC1)Cc1cccs1. The van der Waals surface area contributed by atoms with E-state index in [4.69, 9.17) is 9.47 Å². The van der Waals surface area contributed by atoms with Gasteiger partial charge in [-0.05, 0) is 17.4 Å². The van der Waals surface area contributed by atoms with Crippen LogP contribution >= 0.6 is 11.3 Å². The molecule has 1 fully saturated rings. The van der Waals surface area contributed by atoms with E-state index in [1.807, 2.05) is 0 Å². The van der Waals surface area contributed by atoms with Crippen molar-refractivity contribution in [2.75, 3.05) is 59.2 Å². The molecule has 0 bridgehead atoms. The first kappa shape index (κ1) is 19.8. The third-order valence-corrected chi connectivity index (χ3v) is 4.89. The molecule has 2 heterocycles. The molecule has 0 unspecified atom stereocenters. The zero-order chi connectivity index (χ0) is 17.2. The second-order valence-corrected chi connectivity index (χ2v) is 7.89. The fraction of sp³-hybridized carbons (Fsp3) is 0.778. The molecule has 1 aromatic rings. The molecule has 0 aliphatic carbocycles. The van der Waals surface area contributed by atoms with Gasteiger partial charge in [0.1, 0.15) is 0 Å². The Morgan fingerprint density at radius 1 is 1.33 bits per heavy atom. The number of hydrogen-bond donors (Lipinski definition) is 1. The summed E-state index contributed by atoms with van der Waals surface area (Å²) < 4.78 is 11.0. The van der Waals surface area contributed by atoms with E-state index in [0.29, 0.717) is 25.7 Å². The summed E-state index contributed by atoms with van der Waals surface area (Å²) in [4.78, 5) is 6.12. The van der Waals surface area contributed by atoms with Crippen LogP contribution in [-0.4, -0.2) is 80.2 Å². The normalized spacial score (nSPS) is 17.7. The van der Waals surface area contributed by atoms with Gasteiger partial charge >= 0.3 is 0 Å². The molecule has 138 valence electrons. The van der Waals surface area contributed by atoms with Crippen molar-refractivity contribution in [2.45, 2.75) is 26.5 Å². The molecule has 6 heteroatoms. The lowest BCUT2D eigenvalue weighted by atomic mass is 10.2. The average molecular weight is 357 g/mol. The first-order chi connectivity index (χ1) is 11.6. The summed E-state index contributed by atoms with van der Waals surface area (Å²) in [7, 11) is 0. The summed E-state index contributed by atoms with van der Waals surface area (Å²) in [5.41, 5.74) is 0. The Labute approximate surface area is 150 Å². The number of aliphatic hydroxyl groups excluding tert-OH is 1. The monoisotopic (exact) mass is 356 g/mol. The van der Waals surface area contributed by atoms with Crippen molar-refractivity contribution < 1.29 is 14.6 Å². The Kier molecular flexibility index (Phi) is 9.23. The van der Waals surface area contributed by atoms with Crippen molar-refractivity contribution in [1.29, 1.82) is 0 Å². The van der Waals surface area contributed by atoms with Gasteiger partial charge in [-0.2, -0.15) is 0 Å². The highest BCUT2D eigenvalue weighted by atomic mass is 32.1. The van der Waals surface area contributed by atoms with E-state index in [1.54, 1.807) is 11.3 Å². The van der Waals surface area contributed by atoms with Crippen LogP contribution in [0.4, 0.5) is 0 Å². The molecule has 24 heavy (non-hydrogen) atoms. The molecule has 1 aliphatic heterocycles. The average Bonchev–Trinajstić information content (AvgIpc) is 3.06. The fourth-order valence-corrected chi connectivity index (χ4v) is 3.50. The highest BCUT2D eigenvalue weighted by Crippen LogP contribution is 2.12. The van der Waals surface area contributed by atoms with Crippen LogP contribution in [0.2, 0.25) is 0 Å². The van der Waals surface area contributed by atoms with Crippen molar-refractivity contribution in [2.24, 2.45) is 5.92 Å². The summed E-state index contributed by atoms with van der Waals surface area (Å²) >= 11 is 1.77. The van der Waals surface area contributed by atoms with Gasteiger partial charge in [-0.15, -0.1) is 11.3 Å². The molecule has 0 aromatic carbocycles. The van der Waals surface area contributed by atoms with Gasteiger partial charge in [0.05, 0.1) is 25.9 Å². The molecule has 1 aromatic heterocycles. The lowest BCUT2D eigenvalue weighted by molar-refractivity contribution is 0.00112. The van der Waals surface area contributed by atoms with Gasteiger partial charge in [-0.3, -0.25) is 9.80 Å². The van der Waals surface area contributed by atoms with E-state index in [-0.39, 0.29) is 0 Å².